The predicted molar refractivity (Wildman–Crippen MR) is 68.8 cm³/mol. The van der Waals surface area contributed by atoms with Crippen molar-refractivity contribution in [1.82, 2.24) is 4.98 Å². The molecule has 0 saturated carbocycles. The summed E-state index contributed by atoms with van der Waals surface area (Å²) >= 11 is 4.58. The number of rotatable bonds is 5. The van der Waals surface area contributed by atoms with Gasteiger partial charge in [-0.3, -0.25) is 0 Å². The van der Waals surface area contributed by atoms with E-state index in [0.29, 0.717) is 7.11 Å². The topological polar surface area (TPSA) is 85.7 Å². The van der Waals surface area contributed by atoms with Crippen LogP contribution in [0.2, 0.25) is 0 Å². The number of methoxy groups -OCH3 is 1. The summed E-state index contributed by atoms with van der Waals surface area (Å²) in [7, 11) is 0.532. The van der Waals surface area contributed by atoms with Crippen LogP contribution in [-0.4, -0.2) is 41.9 Å². The smallest absolute Gasteiger partial charge is 0.434 e. The zero-order valence-electron chi connectivity index (χ0n) is 12.6. The first-order valence-electron chi connectivity index (χ1n) is 6.24. The van der Waals surface area contributed by atoms with Crippen LogP contribution in [0, 0.1) is 0 Å². The van der Waals surface area contributed by atoms with E-state index in [4.69, 9.17) is 5.11 Å². The van der Waals surface area contributed by atoms with Gasteiger partial charge in [0.2, 0.25) is 0 Å². The molecular weight excluding hydrogens is 426 g/mol. The van der Waals surface area contributed by atoms with E-state index >= 15 is 0 Å². The number of nitrogens with zero attached hydrogens (tertiary/aromatic N) is 1. The van der Waals surface area contributed by atoms with Crippen molar-refractivity contribution in [3.05, 3.63) is 22.5 Å². The molecule has 152 valence electrons. The fraction of sp³-hybridized carbons (Fsp3) is 0.417. The van der Waals surface area contributed by atoms with Gasteiger partial charge in [0.25, 0.3) is 0 Å². The van der Waals surface area contributed by atoms with Gasteiger partial charge in [-0.15, -0.1) is 0 Å². The average molecular weight is 432 g/mol. The number of esters is 1. The number of pyridine rings is 1. The van der Waals surface area contributed by atoms with Gasteiger partial charge in [0.1, 0.15) is 16.8 Å². The number of carbonyl (C=O) groups is 2. The van der Waals surface area contributed by atoms with Crippen LogP contribution < -0.4 is 4.74 Å². The van der Waals surface area contributed by atoms with E-state index in [-0.39, 0.29) is 0 Å². The van der Waals surface area contributed by atoms with Gasteiger partial charge in [-0.1, -0.05) is 0 Å². The minimum Gasteiger partial charge on any atom is -0.482 e. The molecule has 1 heterocycles. The van der Waals surface area contributed by atoms with Crippen molar-refractivity contribution in [2.75, 3.05) is 13.7 Å². The second kappa shape index (κ2) is 7.32. The summed E-state index contributed by atoms with van der Waals surface area (Å²) in [5.74, 6) is -6.47. The molecular formula is C12H6ClF8NO5. The highest BCUT2D eigenvalue weighted by molar-refractivity contribution is 6.22. The molecule has 0 amide bonds. The molecule has 0 spiro atoms. The van der Waals surface area contributed by atoms with E-state index < -0.39 is 64.5 Å². The maximum Gasteiger partial charge on any atom is 0.434 e. The second-order valence-electron chi connectivity index (χ2n) is 4.58. The summed E-state index contributed by atoms with van der Waals surface area (Å²) in [6, 6.07) is 0. The molecule has 1 rings (SSSR count). The molecule has 1 aromatic heterocycles. The first-order chi connectivity index (χ1) is 12.0. The number of alkyl halides is 9. The maximum absolute atomic E-state index is 13.5. The van der Waals surface area contributed by atoms with Crippen molar-refractivity contribution in [1.29, 1.82) is 0 Å². The number of aromatic carboxylic acids is 1. The predicted octanol–water partition coefficient (Wildman–Crippen LogP) is 3.81. The Morgan fingerprint density at radius 1 is 1.04 bits per heavy atom. The number of aromatic nitrogens is 1. The Hall–Kier alpha value is -2.38. The molecule has 0 atom stereocenters. The van der Waals surface area contributed by atoms with E-state index in [9.17, 15) is 44.7 Å². The largest absolute Gasteiger partial charge is 0.482 e. The summed E-state index contributed by atoms with van der Waals surface area (Å²) in [6.07, 6.45) is -11.0. The maximum atomic E-state index is 13.5. The van der Waals surface area contributed by atoms with Gasteiger partial charge in [0.15, 0.2) is 18.1 Å². The summed E-state index contributed by atoms with van der Waals surface area (Å²) in [4.78, 5) is 25.2. The summed E-state index contributed by atoms with van der Waals surface area (Å²) in [5, 5.41) is 4.12. The normalized spacial score (nSPS) is 12.7. The van der Waals surface area contributed by atoms with E-state index in [1.165, 1.54) is 0 Å². The Morgan fingerprint density at radius 3 is 1.89 bits per heavy atom. The number of halogens is 9. The van der Waals surface area contributed by atoms with Crippen molar-refractivity contribution in [2.45, 2.75) is 17.7 Å². The van der Waals surface area contributed by atoms with Crippen LogP contribution in [0.15, 0.2) is 0 Å². The molecule has 0 aromatic carbocycles. The molecule has 6 nitrogen and oxygen atoms in total. The number of carboxylic acid groups (broad SMARTS) is 1. The molecule has 27 heavy (non-hydrogen) atoms. The minimum atomic E-state index is -5.73. The first-order valence-corrected chi connectivity index (χ1v) is 6.62. The van der Waals surface area contributed by atoms with E-state index in [0.717, 1.165) is 0 Å². The Kier molecular flexibility index (Phi) is 6.15. The third-order valence-corrected chi connectivity index (χ3v) is 2.85. The first kappa shape index (κ1) is 22.7. The van der Waals surface area contributed by atoms with Gasteiger partial charge in [0, 0.05) is 0 Å². The number of ether oxygens (including phenoxy) is 2. The van der Waals surface area contributed by atoms with Gasteiger partial charge in [-0.2, -0.15) is 35.1 Å². The van der Waals surface area contributed by atoms with Crippen molar-refractivity contribution >= 4 is 23.5 Å². The monoisotopic (exact) mass is 431 g/mol. The van der Waals surface area contributed by atoms with Crippen molar-refractivity contribution in [2.24, 2.45) is 0 Å². The van der Waals surface area contributed by atoms with Gasteiger partial charge >= 0.3 is 29.7 Å². The number of carboxylic acids is 1. The Bertz CT molecular complexity index is 756. The lowest BCUT2D eigenvalue weighted by Gasteiger charge is -2.21. The molecule has 1 aromatic rings. The van der Waals surface area contributed by atoms with Crippen LogP contribution in [0.3, 0.4) is 0 Å². The minimum absolute atomic E-state index is 0.532. The zero-order valence-corrected chi connectivity index (χ0v) is 13.4. The lowest BCUT2D eigenvalue weighted by Crippen LogP contribution is -2.28. The Balaban J connectivity index is 4.04. The summed E-state index contributed by atoms with van der Waals surface area (Å²) in [5.41, 5.74) is -8.63. The number of carbonyl (C=O) groups excluding carboxylic acids is 1. The Morgan fingerprint density at radius 2 is 1.56 bits per heavy atom. The van der Waals surface area contributed by atoms with E-state index in [1.807, 2.05) is 0 Å². The van der Waals surface area contributed by atoms with Crippen molar-refractivity contribution < 1.29 is 59.3 Å². The molecule has 0 fully saturated rings. The zero-order chi connectivity index (χ0) is 21.4. The molecule has 0 aliphatic carbocycles. The average Bonchev–Trinajstić information content (AvgIpc) is 2.47. The van der Waals surface area contributed by atoms with Gasteiger partial charge < -0.3 is 14.6 Å². The molecule has 0 unspecified atom stereocenters. The summed E-state index contributed by atoms with van der Waals surface area (Å²) in [6.45, 7) is -2.41. The van der Waals surface area contributed by atoms with Crippen LogP contribution in [0.4, 0.5) is 35.1 Å². The third-order valence-electron chi connectivity index (χ3n) is 2.67. The lowest BCUT2D eigenvalue weighted by molar-refractivity contribution is -0.154. The molecule has 0 bridgehead atoms. The van der Waals surface area contributed by atoms with Crippen LogP contribution in [-0.2, 0) is 16.3 Å². The third kappa shape index (κ3) is 5.30. The van der Waals surface area contributed by atoms with E-state index in [2.05, 4.69) is 26.1 Å². The van der Waals surface area contributed by atoms with Crippen LogP contribution in [0.25, 0.3) is 0 Å². The number of hydrogen-bond donors (Lipinski definition) is 1. The van der Waals surface area contributed by atoms with Crippen molar-refractivity contribution in [3.63, 3.8) is 0 Å². The van der Waals surface area contributed by atoms with Gasteiger partial charge in [-0.05, 0) is 11.6 Å². The molecule has 0 saturated heterocycles. The quantitative estimate of drug-likeness (QED) is 0.433. The molecule has 1 N–H and O–H groups in total. The van der Waals surface area contributed by atoms with Crippen LogP contribution in [0.1, 0.15) is 32.1 Å². The van der Waals surface area contributed by atoms with Crippen molar-refractivity contribution in [3.8, 4) is 5.75 Å². The molecule has 0 aliphatic rings. The molecule has 15 heteroatoms. The molecule has 0 aliphatic heterocycles. The number of hydrogen-bond acceptors (Lipinski definition) is 5. The van der Waals surface area contributed by atoms with Crippen LogP contribution in [0.5, 0.6) is 5.75 Å². The SMILES string of the molecule is COC(=O)c1c(C(F)(F)Cl)nc(C(F)(F)F)c(C(=O)O)c1OCC(F)(F)F. The van der Waals surface area contributed by atoms with Crippen LogP contribution >= 0.6 is 11.6 Å². The van der Waals surface area contributed by atoms with Gasteiger partial charge in [-0.25, -0.2) is 14.6 Å². The fourth-order valence-electron chi connectivity index (χ4n) is 1.76. The highest BCUT2D eigenvalue weighted by Gasteiger charge is 2.47. The van der Waals surface area contributed by atoms with Gasteiger partial charge in [0.05, 0.1) is 7.11 Å². The summed E-state index contributed by atoms with van der Waals surface area (Å²) < 4.78 is 111. The molecule has 0 radical (unpaired) electrons. The standard InChI is InChI=1S/C12H6ClF8NO5/c1-26-9(25)4-5(27-2-10(14,15)16)3(8(23)24)7(12(19,20)21)22-6(4)11(13,17)18/h2H2,1H3,(H,23,24). The second-order valence-corrected chi connectivity index (χ2v) is 5.06. The highest BCUT2D eigenvalue weighted by Crippen LogP contribution is 2.43. The lowest BCUT2D eigenvalue weighted by atomic mass is 10.0. The Labute approximate surface area is 148 Å². The highest BCUT2D eigenvalue weighted by atomic mass is 35.5. The van der Waals surface area contributed by atoms with E-state index in [1.54, 1.807) is 0 Å². The fourth-order valence-corrected chi connectivity index (χ4v) is 1.90.